The average Bonchev–Trinajstić information content (AvgIpc) is 2.42. The highest BCUT2D eigenvalue weighted by Gasteiger charge is 1.98. The smallest absolute Gasteiger partial charge is 0.124 e. The van der Waals surface area contributed by atoms with E-state index in [9.17, 15) is 10.2 Å². The Morgan fingerprint density at radius 3 is 1.55 bits per heavy atom. The fourth-order valence-corrected chi connectivity index (χ4v) is 1.75. The van der Waals surface area contributed by atoms with Crippen LogP contribution in [0.5, 0.6) is 11.5 Å². The summed E-state index contributed by atoms with van der Waals surface area (Å²) in [6.07, 6.45) is 2.96. The van der Waals surface area contributed by atoms with E-state index in [1.54, 1.807) is 12.1 Å². The van der Waals surface area contributed by atoms with Crippen molar-refractivity contribution in [3.05, 3.63) is 58.7 Å². The molecule has 0 aliphatic heterocycles. The third kappa shape index (κ3) is 3.45. The third-order valence-electron chi connectivity index (χ3n) is 2.83. The Bertz CT molecular complexity index is 617. The molecule has 0 saturated carbocycles. The minimum absolute atomic E-state index is 0.160. The van der Waals surface area contributed by atoms with Gasteiger partial charge in [-0.1, -0.05) is 23.3 Å². The number of rotatable bonds is 3. The summed E-state index contributed by atoms with van der Waals surface area (Å²) in [6.45, 7) is 3.87. The minimum Gasteiger partial charge on any atom is -0.507 e. The van der Waals surface area contributed by atoms with Gasteiger partial charge in [0.25, 0.3) is 0 Å². The van der Waals surface area contributed by atoms with Crippen LogP contribution in [0.2, 0.25) is 0 Å². The monoisotopic (exact) mass is 268 g/mol. The lowest BCUT2D eigenvalue weighted by molar-refractivity contribution is 0.473. The summed E-state index contributed by atoms with van der Waals surface area (Å²) in [4.78, 5) is 0. The van der Waals surface area contributed by atoms with Crippen LogP contribution in [0, 0.1) is 13.8 Å². The summed E-state index contributed by atoms with van der Waals surface area (Å²) < 4.78 is 0. The van der Waals surface area contributed by atoms with E-state index in [0.29, 0.717) is 11.1 Å². The van der Waals surface area contributed by atoms with Crippen LogP contribution in [0.15, 0.2) is 46.6 Å². The SMILES string of the molecule is Cc1ccc(O)c(C=NN=Cc2cc(C)ccc2O)c1. The molecule has 0 amide bonds. The maximum absolute atomic E-state index is 9.65. The second-order valence-electron chi connectivity index (χ2n) is 4.61. The Hall–Kier alpha value is -2.62. The molecule has 4 nitrogen and oxygen atoms in total. The molecule has 0 fully saturated rings. The molecule has 0 unspecified atom stereocenters. The van der Waals surface area contributed by atoms with Crippen molar-refractivity contribution in [1.29, 1.82) is 0 Å². The van der Waals surface area contributed by atoms with Crippen LogP contribution in [0.1, 0.15) is 22.3 Å². The summed E-state index contributed by atoms with van der Waals surface area (Å²) in [5, 5.41) is 27.1. The lowest BCUT2D eigenvalue weighted by Gasteiger charge is -1.99. The zero-order valence-electron chi connectivity index (χ0n) is 11.4. The first-order valence-electron chi connectivity index (χ1n) is 6.22. The first-order chi connectivity index (χ1) is 9.56. The highest BCUT2D eigenvalue weighted by atomic mass is 16.3. The second kappa shape index (κ2) is 6.02. The fraction of sp³-hybridized carbons (Fsp3) is 0.125. The van der Waals surface area contributed by atoms with Gasteiger partial charge in [-0.3, -0.25) is 0 Å². The molecular formula is C16H16N2O2. The number of benzene rings is 2. The number of phenolic OH excluding ortho intramolecular Hbond substituents is 2. The Kier molecular flexibility index (Phi) is 4.15. The van der Waals surface area contributed by atoms with E-state index in [1.807, 2.05) is 38.1 Å². The van der Waals surface area contributed by atoms with Gasteiger partial charge in [0.05, 0.1) is 12.4 Å². The van der Waals surface area contributed by atoms with Crippen molar-refractivity contribution in [1.82, 2.24) is 0 Å². The molecule has 0 aliphatic carbocycles. The van der Waals surface area contributed by atoms with Gasteiger partial charge in [0.1, 0.15) is 11.5 Å². The van der Waals surface area contributed by atoms with Crippen LogP contribution in [-0.2, 0) is 0 Å². The van der Waals surface area contributed by atoms with Crippen molar-refractivity contribution in [3.63, 3.8) is 0 Å². The van der Waals surface area contributed by atoms with E-state index in [2.05, 4.69) is 10.2 Å². The normalized spacial score (nSPS) is 11.5. The Morgan fingerprint density at radius 2 is 1.15 bits per heavy atom. The molecule has 2 rings (SSSR count). The molecule has 4 heteroatoms. The van der Waals surface area contributed by atoms with Crippen LogP contribution < -0.4 is 0 Å². The van der Waals surface area contributed by atoms with Gasteiger partial charge in [-0.2, -0.15) is 10.2 Å². The largest absolute Gasteiger partial charge is 0.507 e. The summed E-state index contributed by atoms with van der Waals surface area (Å²) in [7, 11) is 0. The molecular weight excluding hydrogens is 252 g/mol. The number of phenols is 2. The molecule has 2 aromatic carbocycles. The van der Waals surface area contributed by atoms with Crippen LogP contribution in [0.3, 0.4) is 0 Å². The van der Waals surface area contributed by atoms with Crippen molar-refractivity contribution in [2.45, 2.75) is 13.8 Å². The topological polar surface area (TPSA) is 65.2 Å². The maximum atomic E-state index is 9.65. The minimum atomic E-state index is 0.160. The number of nitrogens with zero attached hydrogens (tertiary/aromatic N) is 2. The summed E-state index contributed by atoms with van der Waals surface area (Å²) in [5.74, 6) is 0.320. The Balaban J connectivity index is 2.15. The lowest BCUT2D eigenvalue weighted by atomic mass is 10.1. The predicted octanol–water partition coefficient (Wildman–Crippen LogP) is 3.17. The molecule has 102 valence electrons. The number of hydrogen-bond acceptors (Lipinski definition) is 4. The molecule has 0 radical (unpaired) electrons. The molecule has 20 heavy (non-hydrogen) atoms. The van der Waals surface area contributed by atoms with Gasteiger partial charge in [-0.25, -0.2) is 0 Å². The van der Waals surface area contributed by atoms with Crippen molar-refractivity contribution >= 4 is 12.4 Å². The molecule has 0 heterocycles. The second-order valence-corrected chi connectivity index (χ2v) is 4.61. The molecule has 2 aromatic rings. The van der Waals surface area contributed by atoms with Gasteiger partial charge < -0.3 is 10.2 Å². The maximum Gasteiger partial charge on any atom is 0.124 e. The van der Waals surface area contributed by atoms with Gasteiger partial charge in [-0.05, 0) is 38.1 Å². The summed E-state index contributed by atoms with van der Waals surface area (Å²) >= 11 is 0. The molecule has 0 aromatic heterocycles. The van der Waals surface area contributed by atoms with E-state index in [4.69, 9.17) is 0 Å². The molecule has 0 saturated heterocycles. The van der Waals surface area contributed by atoms with Gasteiger partial charge >= 0.3 is 0 Å². The average molecular weight is 268 g/mol. The van der Waals surface area contributed by atoms with Crippen molar-refractivity contribution < 1.29 is 10.2 Å². The summed E-state index contributed by atoms with van der Waals surface area (Å²) in [6, 6.07) is 10.5. The first kappa shape index (κ1) is 13.8. The highest BCUT2D eigenvalue weighted by Crippen LogP contribution is 2.17. The fourth-order valence-electron chi connectivity index (χ4n) is 1.75. The Labute approximate surface area is 117 Å². The third-order valence-corrected chi connectivity index (χ3v) is 2.83. The van der Waals surface area contributed by atoms with E-state index >= 15 is 0 Å². The van der Waals surface area contributed by atoms with Crippen LogP contribution in [-0.4, -0.2) is 22.6 Å². The zero-order chi connectivity index (χ0) is 14.5. The van der Waals surface area contributed by atoms with E-state index in [1.165, 1.54) is 12.4 Å². The summed E-state index contributed by atoms with van der Waals surface area (Å²) in [5.41, 5.74) is 3.28. The molecule has 0 aliphatic rings. The van der Waals surface area contributed by atoms with Crippen LogP contribution in [0.4, 0.5) is 0 Å². The molecule has 0 bridgehead atoms. The van der Waals surface area contributed by atoms with Crippen LogP contribution in [0.25, 0.3) is 0 Å². The van der Waals surface area contributed by atoms with Crippen molar-refractivity contribution in [2.75, 3.05) is 0 Å². The number of aryl methyl sites for hydroxylation is 2. The molecule has 2 N–H and O–H groups in total. The van der Waals surface area contributed by atoms with E-state index in [0.717, 1.165) is 11.1 Å². The van der Waals surface area contributed by atoms with Gasteiger partial charge in [-0.15, -0.1) is 0 Å². The number of aromatic hydroxyl groups is 2. The van der Waals surface area contributed by atoms with Gasteiger partial charge in [0.15, 0.2) is 0 Å². The standard InChI is InChI=1S/C16H16N2O2/c1-11-3-5-15(19)13(7-11)9-17-18-10-14-8-12(2)4-6-16(14)20/h3-10,19-20H,1-2H3. The van der Waals surface area contributed by atoms with E-state index in [-0.39, 0.29) is 11.5 Å². The first-order valence-corrected chi connectivity index (χ1v) is 6.22. The number of hydrogen-bond donors (Lipinski definition) is 2. The van der Waals surface area contributed by atoms with Crippen molar-refractivity contribution in [3.8, 4) is 11.5 Å². The highest BCUT2D eigenvalue weighted by molar-refractivity contribution is 5.86. The Morgan fingerprint density at radius 1 is 0.750 bits per heavy atom. The van der Waals surface area contributed by atoms with E-state index < -0.39 is 0 Å². The van der Waals surface area contributed by atoms with Gasteiger partial charge in [0, 0.05) is 11.1 Å². The lowest BCUT2D eigenvalue weighted by Crippen LogP contribution is -1.85. The van der Waals surface area contributed by atoms with Gasteiger partial charge in [0.2, 0.25) is 0 Å². The van der Waals surface area contributed by atoms with Crippen molar-refractivity contribution in [2.24, 2.45) is 10.2 Å². The molecule has 0 atom stereocenters. The zero-order valence-corrected chi connectivity index (χ0v) is 11.4. The van der Waals surface area contributed by atoms with Crippen LogP contribution >= 0.6 is 0 Å². The molecule has 0 spiro atoms. The predicted molar refractivity (Wildman–Crippen MR) is 80.9 cm³/mol. The quantitative estimate of drug-likeness (QED) is 0.663.